The molecule has 5 rings (SSSR count). The molecular weight excluding hydrogens is 609 g/mol. The first-order valence-corrected chi connectivity index (χ1v) is 15.8. The van der Waals surface area contributed by atoms with Crippen molar-refractivity contribution in [2.75, 3.05) is 39.8 Å². The molecule has 1 saturated heterocycles. The lowest BCUT2D eigenvalue weighted by Gasteiger charge is -2.34. The molecule has 1 fully saturated rings. The van der Waals surface area contributed by atoms with Crippen LogP contribution in [0.25, 0.3) is 10.8 Å². The van der Waals surface area contributed by atoms with Crippen molar-refractivity contribution in [2.45, 2.75) is 31.1 Å². The van der Waals surface area contributed by atoms with Crippen LogP contribution in [0.5, 0.6) is 5.75 Å². The average molecular weight is 645 g/mol. The Hall–Kier alpha value is -4.09. The van der Waals surface area contributed by atoms with E-state index < -0.39 is 5.97 Å². The van der Waals surface area contributed by atoms with Crippen molar-refractivity contribution in [1.82, 2.24) is 9.80 Å². The maximum absolute atomic E-state index is 14.2. The zero-order valence-corrected chi connectivity index (χ0v) is 26.6. The Morgan fingerprint density at radius 2 is 1.76 bits per heavy atom. The van der Waals surface area contributed by atoms with Crippen LogP contribution in [0.1, 0.15) is 58.1 Å². The van der Waals surface area contributed by atoms with E-state index in [1.807, 2.05) is 54.6 Å². The summed E-state index contributed by atoms with van der Waals surface area (Å²) in [6.45, 7) is 2.51. The summed E-state index contributed by atoms with van der Waals surface area (Å²) < 4.78 is 4.98. The number of phenols is 1. The summed E-state index contributed by atoms with van der Waals surface area (Å²) in [6, 6.07) is 25.9. The number of halogens is 2. The van der Waals surface area contributed by atoms with Gasteiger partial charge in [0.1, 0.15) is 12.3 Å². The maximum atomic E-state index is 14.2. The molecule has 0 aromatic heterocycles. The van der Waals surface area contributed by atoms with Crippen LogP contribution in [0.15, 0.2) is 78.9 Å². The third kappa shape index (κ3) is 7.77. The number of rotatable bonds is 10. The number of ether oxygens (including phenoxy) is 1. The van der Waals surface area contributed by atoms with E-state index >= 15 is 0 Å². The van der Waals surface area contributed by atoms with Crippen LogP contribution in [0.3, 0.4) is 0 Å². The van der Waals surface area contributed by atoms with E-state index in [1.165, 1.54) is 12.0 Å². The van der Waals surface area contributed by atoms with Gasteiger partial charge in [-0.1, -0.05) is 71.7 Å². The van der Waals surface area contributed by atoms with Gasteiger partial charge in [0.05, 0.1) is 28.8 Å². The second-order valence-corrected chi connectivity index (χ2v) is 12.3. The summed E-state index contributed by atoms with van der Waals surface area (Å²) in [4.78, 5) is 30.7. The highest BCUT2D eigenvalue weighted by molar-refractivity contribution is 6.42. The molecule has 0 bridgehead atoms. The molecule has 0 saturated carbocycles. The van der Waals surface area contributed by atoms with Crippen LogP contribution >= 0.6 is 23.2 Å². The molecule has 45 heavy (non-hydrogen) atoms. The monoisotopic (exact) mass is 643 g/mol. The number of phenolic OH excluding ortho intramolecular Hbond substituents is 1. The summed E-state index contributed by atoms with van der Waals surface area (Å²) in [5.41, 5.74) is 2.62. The van der Waals surface area contributed by atoms with Gasteiger partial charge in [0.15, 0.2) is 0 Å². The molecule has 232 valence electrons. The fourth-order valence-corrected chi connectivity index (χ4v) is 6.50. The van der Waals surface area contributed by atoms with Gasteiger partial charge in [-0.05, 0) is 97.0 Å². The fraction of sp³-hybridized carbons (Fsp3) is 0.306. The Morgan fingerprint density at radius 1 is 1.02 bits per heavy atom. The summed E-state index contributed by atoms with van der Waals surface area (Å²) in [6.07, 6.45) is 2.57. The summed E-state index contributed by atoms with van der Waals surface area (Å²) in [5.74, 6) is -0.417. The molecule has 1 amide bonds. The molecule has 1 unspecified atom stereocenters. The molecule has 1 N–H and O–H groups in total. The number of nitrogens with zero attached hydrogens (tertiary/aromatic N) is 3. The molecular formula is C36H35Cl2N3O4. The number of hydrogen-bond acceptors (Lipinski definition) is 6. The largest absolute Gasteiger partial charge is 0.508 e. The van der Waals surface area contributed by atoms with Crippen LogP contribution < -0.4 is 0 Å². The number of benzene rings is 4. The minimum absolute atomic E-state index is 0.172. The second-order valence-electron chi connectivity index (χ2n) is 11.5. The summed E-state index contributed by atoms with van der Waals surface area (Å²) in [7, 11) is 1.30. The normalized spacial score (nSPS) is 14.5. The van der Waals surface area contributed by atoms with E-state index in [1.54, 1.807) is 24.3 Å². The number of methoxy groups -OCH3 is 1. The van der Waals surface area contributed by atoms with Gasteiger partial charge in [-0.3, -0.25) is 9.59 Å². The predicted molar refractivity (Wildman–Crippen MR) is 177 cm³/mol. The van der Waals surface area contributed by atoms with Gasteiger partial charge in [0.25, 0.3) is 5.91 Å². The molecule has 0 spiro atoms. The molecule has 9 heteroatoms. The van der Waals surface area contributed by atoms with Gasteiger partial charge < -0.3 is 19.6 Å². The minimum atomic E-state index is -0.539. The molecule has 4 aromatic rings. The Bertz CT molecular complexity index is 1730. The SMILES string of the molecule is COC(=O)CN(CC(CCN1CCC(c2ccccc2O)CC1)c1ccc(Cl)c(Cl)c1)C(=O)c1cc(C#N)cc2ccccc12. The van der Waals surface area contributed by atoms with Crippen LogP contribution in [0.2, 0.25) is 10.0 Å². The molecule has 0 aliphatic carbocycles. The van der Waals surface area contributed by atoms with Gasteiger partial charge in [-0.25, -0.2) is 0 Å². The van der Waals surface area contributed by atoms with Gasteiger partial charge >= 0.3 is 5.97 Å². The Morgan fingerprint density at radius 3 is 2.47 bits per heavy atom. The Labute approximate surface area is 273 Å². The summed E-state index contributed by atoms with van der Waals surface area (Å²) in [5, 5.41) is 22.3. The number of amides is 1. The number of carbonyl (C=O) groups excluding carboxylic acids is 2. The summed E-state index contributed by atoms with van der Waals surface area (Å²) >= 11 is 12.7. The van der Waals surface area contributed by atoms with Crippen LogP contribution in [0.4, 0.5) is 0 Å². The highest BCUT2D eigenvalue weighted by Gasteiger charge is 2.28. The number of fused-ring (bicyclic) bond motifs is 1. The van der Waals surface area contributed by atoms with E-state index in [0.29, 0.717) is 44.6 Å². The molecule has 1 aliphatic heterocycles. The van der Waals surface area contributed by atoms with Gasteiger partial charge in [-0.15, -0.1) is 0 Å². The van der Waals surface area contributed by atoms with Gasteiger partial charge in [0.2, 0.25) is 0 Å². The lowest BCUT2D eigenvalue weighted by molar-refractivity contribution is -0.141. The first-order chi connectivity index (χ1) is 21.8. The number of esters is 1. The number of hydrogen-bond donors (Lipinski definition) is 1. The number of carbonyl (C=O) groups is 2. The van der Waals surface area contributed by atoms with Crippen molar-refractivity contribution in [1.29, 1.82) is 5.26 Å². The van der Waals surface area contributed by atoms with Crippen molar-refractivity contribution in [2.24, 2.45) is 0 Å². The standard InChI is InChI=1S/C36H35Cl2N3O4/c1-45-35(43)23-41(36(44)31-19-24(21-39)18-27-6-2-3-7-29(27)31)22-28(26-10-11-32(37)33(38)20-26)14-17-40-15-12-25(13-16-40)30-8-4-5-9-34(30)42/h2-11,18-20,25,28,42H,12-17,22-23H2,1H3. The van der Waals surface area contributed by atoms with E-state index in [9.17, 15) is 20.0 Å². The highest BCUT2D eigenvalue weighted by atomic mass is 35.5. The maximum Gasteiger partial charge on any atom is 0.325 e. The van der Waals surface area contributed by atoms with E-state index in [2.05, 4.69) is 11.0 Å². The third-order valence-corrected chi connectivity index (χ3v) is 9.41. The highest BCUT2D eigenvalue weighted by Crippen LogP contribution is 2.35. The minimum Gasteiger partial charge on any atom is -0.508 e. The first kappa shape index (κ1) is 32.3. The average Bonchev–Trinajstić information content (AvgIpc) is 3.07. The number of aromatic hydroxyl groups is 1. The van der Waals surface area contributed by atoms with Gasteiger partial charge in [0, 0.05) is 18.0 Å². The van der Waals surface area contributed by atoms with Crippen molar-refractivity contribution in [3.63, 3.8) is 0 Å². The van der Waals surface area contributed by atoms with Crippen LogP contribution in [-0.2, 0) is 9.53 Å². The van der Waals surface area contributed by atoms with Gasteiger partial charge in [-0.2, -0.15) is 5.26 Å². The van der Waals surface area contributed by atoms with Crippen molar-refractivity contribution in [3.05, 3.63) is 111 Å². The van der Waals surface area contributed by atoms with E-state index in [0.717, 1.165) is 49.0 Å². The lowest BCUT2D eigenvalue weighted by Crippen LogP contribution is -2.40. The topological polar surface area (TPSA) is 93.9 Å². The van der Waals surface area contributed by atoms with Crippen LogP contribution in [-0.4, -0.2) is 66.6 Å². The van der Waals surface area contributed by atoms with E-state index in [4.69, 9.17) is 27.9 Å². The number of nitriles is 1. The second kappa shape index (κ2) is 14.8. The molecule has 1 aliphatic rings. The molecule has 1 heterocycles. The number of likely N-dealkylation sites (tertiary alicyclic amines) is 1. The number of piperidine rings is 1. The number of para-hydroxylation sites is 1. The Balaban J connectivity index is 1.40. The zero-order chi connectivity index (χ0) is 31.9. The molecule has 0 radical (unpaired) electrons. The molecule has 4 aromatic carbocycles. The smallest absolute Gasteiger partial charge is 0.325 e. The zero-order valence-electron chi connectivity index (χ0n) is 25.1. The quantitative estimate of drug-likeness (QED) is 0.181. The van der Waals surface area contributed by atoms with Crippen molar-refractivity contribution < 1.29 is 19.4 Å². The van der Waals surface area contributed by atoms with E-state index in [-0.39, 0.29) is 24.9 Å². The lowest BCUT2D eigenvalue weighted by atomic mass is 9.88. The first-order valence-electron chi connectivity index (χ1n) is 15.0. The van der Waals surface area contributed by atoms with Crippen molar-refractivity contribution >= 4 is 45.9 Å². The molecule has 1 atom stereocenters. The third-order valence-electron chi connectivity index (χ3n) is 8.67. The Kier molecular flexibility index (Phi) is 10.6. The molecule has 7 nitrogen and oxygen atoms in total. The van der Waals surface area contributed by atoms with Crippen molar-refractivity contribution in [3.8, 4) is 11.8 Å². The fourth-order valence-electron chi connectivity index (χ4n) is 6.20. The van der Waals surface area contributed by atoms with Crippen LogP contribution in [0, 0.1) is 11.3 Å². The predicted octanol–water partition coefficient (Wildman–Crippen LogP) is 7.39.